The molecule has 0 saturated heterocycles. The van der Waals surface area contributed by atoms with Gasteiger partial charge >= 0.3 is 6.03 Å². The minimum atomic E-state index is -0.928. The van der Waals surface area contributed by atoms with Crippen LogP contribution in [-0.4, -0.2) is 41.4 Å². The highest BCUT2D eigenvalue weighted by atomic mass is 16.2. The summed E-state index contributed by atoms with van der Waals surface area (Å²) in [7, 11) is 0. The zero-order valence-corrected chi connectivity index (χ0v) is 12.1. The number of aliphatic imine (C=N–C) groups is 1. The smallest absolute Gasteiger partial charge is 0.320 e. The van der Waals surface area contributed by atoms with Gasteiger partial charge in [-0.25, -0.2) is 9.59 Å². The van der Waals surface area contributed by atoms with E-state index >= 15 is 0 Å². The molecule has 0 aromatic heterocycles. The second-order valence-corrected chi connectivity index (χ2v) is 5.25. The van der Waals surface area contributed by atoms with Gasteiger partial charge in [0.25, 0.3) is 0 Å². The Hall–Kier alpha value is -1.39. The fraction of sp³-hybridized carbons (Fsp3) is 0.833. The van der Waals surface area contributed by atoms with Crippen LogP contribution in [0.5, 0.6) is 0 Å². The van der Waals surface area contributed by atoms with E-state index in [9.17, 15) is 9.59 Å². The standard InChI is InChI=1S/C12H24N4O2/c1-9(2)13-7-16(11(18)15-10(3)4)12(5,6)14-8-17/h9-10,13H,7H2,1-6H3,(H,15,18). The zero-order valence-electron chi connectivity index (χ0n) is 12.1. The highest BCUT2D eigenvalue weighted by Crippen LogP contribution is 2.15. The van der Waals surface area contributed by atoms with Gasteiger partial charge in [0, 0.05) is 12.1 Å². The van der Waals surface area contributed by atoms with E-state index in [1.54, 1.807) is 13.8 Å². The molecule has 0 aromatic carbocycles. The quantitative estimate of drug-likeness (QED) is 0.429. The number of isocyanates is 1. The predicted molar refractivity (Wildman–Crippen MR) is 70.8 cm³/mol. The molecule has 0 rings (SSSR count). The number of hydrogen-bond acceptors (Lipinski definition) is 4. The normalized spacial score (nSPS) is 11.3. The lowest BCUT2D eigenvalue weighted by molar-refractivity contribution is 0.128. The third kappa shape index (κ3) is 5.80. The van der Waals surface area contributed by atoms with E-state index in [4.69, 9.17) is 0 Å². The number of amides is 2. The highest BCUT2D eigenvalue weighted by Gasteiger charge is 2.30. The average Bonchev–Trinajstić information content (AvgIpc) is 2.14. The fourth-order valence-electron chi connectivity index (χ4n) is 1.28. The topological polar surface area (TPSA) is 73.8 Å². The second kappa shape index (κ2) is 7.13. The number of urea groups is 1. The predicted octanol–water partition coefficient (Wildman–Crippen LogP) is 1.43. The van der Waals surface area contributed by atoms with Gasteiger partial charge in [-0.3, -0.25) is 10.2 Å². The van der Waals surface area contributed by atoms with Crippen LogP contribution < -0.4 is 10.6 Å². The molecule has 0 aliphatic rings. The fourth-order valence-corrected chi connectivity index (χ4v) is 1.28. The van der Waals surface area contributed by atoms with Crippen LogP contribution in [0, 0.1) is 0 Å². The Morgan fingerprint density at radius 2 is 1.83 bits per heavy atom. The van der Waals surface area contributed by atoms with E-state index in [-0.39, 0.29) is 18.1 Å². The van der Waals surface area contributed by atoms with Crippen molar-refractivity contribution in [1.29, 1.82) is 0 Å². The third-order valence-corrected chi connectivity index (χ3v) is 2.29. The summed E-state index contributed by atoms with van der Waals surface area (Å²) in [4.78, 5) is 27.7. The van der Waals surface area contributed by atoms with Gasteiger partial charge in [0.1, 0.15) is 5.66 Å². The third-order valence-electron chi connectivity index (χ3n) is 2.29. The number of nitrogens with zero attached hydrogens (tertiary/aromatic N) is 2. The summed E-state index contributed by atoms with van der Waals surface area (Å²) < 4.78 is 0. The average molecular weight is 256 g/mol. The SMILES string of the molecule is CC(C)NCN(C(=O)NC(C)C)C(C)(C)N=C=O. The maximum absolute atomic E-state index is 12.1. The van der Waals surface area contributed by atoms with Gasteiger partial charge in [-0.05, 0) is 41.5 Å². The number of rotatable bonds is 6. The van der Waals surface area contributed by atoms with Crippen molar-refractivity contribution < 1.29 is 9.59 Å². The molecule has 0 aliphatic heterocycles. The van der Waals surface area contributed by atoms with Gasteiger partial charge < -0.3 is 5.32 Å². The van der Waals surface area contributed by atoms with E-state index in [1.807, 2.05) is 27.7 Å². The Bertz CT molecular complexity index is 320. The van der Waals surface area contributed by atoms with Gasteiger partial charge in [0.2, 0.25) is 6.08 Å². The molecule has 0 radical (unpaired) electrons. The zero-order chi connectivity index (χ0) is 14.3. The van der Waals surface area contributed by atoms with Gasteiger partial charge in [-0.1, -0.05) is 0 Å². The Kier molecular flexibility index (Phi) is 6.58. The van der Waals surface area contributed by atoms with Crippen LogP contribution in [0.15, 0.2) is 4.99 Å². The van der Waals surface area contributed by atoms with Crippen molar-refractivity contribution in [3.8, 4) is 0 Å². The largest absolute Gasteiger partial charge is 0.336 e. The summed E-state index contributed by atoms with van der Waals surface area (Å²) in [5.41, 5.74) is -0.928. The van der Waals surface area contributed by atoms with Crippen LogP contribution in [0.1, 0.15) is 41.5 Å². The summed E-state index contributed by atoms with van der Waals surface area (Å²) in [6.45, 7) is 11.4. The van der Waals surface area contributed by atoms with Crippen LogP contribution >= 0.6 is 0 Å². The number of hydrogen-bond donors (Lipinski definition) is 2. The molecule has 0 atom stereocenters. The Morgan fingerprint density at radius 3 is 2.22 bits per heavy atom. The number of carbonyl (C=O) groups excluding carboxylic acids is 2. The molecule has 0 unspecified atom stereocenters. The molecular formula is C12H24N4O2. The first kappa shape index (κ1) is 16.6. The highest BCUT2D eigenvalue weighted by molar-refractivity contribution is 5.75. The summed E-state index contributed by atoms with van der Waals surface area (Å²) in [5.74, 6) is 0. The molecule has 0 bridgehead atoms. The molecule has 6 nitrogen and oxygen atoms in total. The molecule has 6 heteroatoms. The molecule has 2 N–H and O–H groups in total. The van der Waals surface area contributed by atoms with Gasteiger partial charge in [-0.15, -0.1) is 0 Å². The number of nitrogens with one attached hydrogen (secondary N) is 2. The monoisotopic (exact) mass is 256 g/mol. The molecule has 0 fully saturated rings. The second-order valence-electron chi connectivity index (χ2n) is 5.25. The van der Waals surface area contributed by atoms with Crippen molar-refractivity contribution in [2.24, 2.45) is 4.99 Å². The first-order chi connectivity index (χ1) is 8.20. The molecule has 0 aliphatic carbocycles. The van der Waals surface area contributed by atoms with E-state index in [1.165, 1.54) is 11.0 Å². The summed E-state index contributed by atoms with van der Waals surface area (Å²) >= 11 is 0. The Labute approximate surface area is 109 Å². The van der Waals surface area contributed by atoms with E-state index in [0.29, 0.717) is 6.67 Å². The van der Waals surface area contributed by atoms with Crippen molar-refractivity contribution in [3.63, 3.8) is 0 Å². The Balaban J connectivity index is 4.92. The van der Waals surface area contributed by atoms with Crippen molar-refractivity contribution in [2.45, 2.75) is 59.3 Å². The van der Waals surface area contributed by atoms with Crippen molar-refractivity contribution in [3.05, 3.63) is 0 Å². The summed E-state index contributed by atoms with van der Waals surface area (Å²) in [5, 5.41) is 5.93. The molecule has 104 valence electrons. The maximum atomic E-state index is 12.1. The summed E-state index contributed by atoms with van der Waals surface area (Å²) in [6.07, 6.45) is 1.51. The molecule has 0 aromatic rings. The van der Waals surface area contributed by atoms with Gasteiger partial charge in [0.15, 0.2) is 0 Å². The van der Waals surface area contributed by atoms with Crippen LogP contribution in [0.2, 0.25) is 0 Å². The van der Waals surface area contributed by atoms with Crippen molar-refractivity contribution in [2.75, 3.05) is 6.67 Å². The minimum Gasteiger partial charge on any atom is -0.336 e. The first-order valence-corrected chi connectivity index (χ1v) is 6.11. The van der Waals surface area contributed by atoms with Crippen molar-refractivity contribution in [1.82, 2.24) is 15.5 Å². The molecule has 2 amide bonds. The van der Waals surface area contributed by atoms with Crippen molar-refractivity contribution >= 4 is 12.1 Å². The molecule has 18 heavy (non-hydrogen) atoms. The van der Waals surface area contributed by atoms with Gasteiger partial charge in [0.05, 0.1) is 6.67 Å². The van der Waals surface area contributed by atoms with Crippen LogP contribution in [-0.2, 0) is 4.79 Å². The lowest BCUT2D eigenvalue weighted by Gasteiger charge is -2.35. The molecule has 0 spiro atoms. The van der Waals surface area contributed by atoms with Gasteiger partial charge in [-0.2, -0.15) is 4.99 Å². The Morgan fingerprint density at radius 1 is 1.28 bits per heavy atom. The van der Waals surface area contributed by atoms with Crippen LogP contribution in [0.4, 0.5) is 4.79 Å². The van der Waals surface area contributed by atoms with E-state index in [2.05, 4.69) is 15.6 Å². The summed E-state index contributed by atoms with van der Waals surface area (Å²) in [6, 6.07) is -0.00688. The van der Waals surface area contributed by atoms with Crippen LogP contribution in [0.3, 0.4) is 0 Å². The first-order valence-electron chi connectivity index (χ1n) is 6.11. The molecule has 0 heterocycles. The maximum Gasteiger partial charge on any atom is 0.320 e. The number of carbonyl (C=O) groups is 1. The lowest BCUT2D eigenvalue weighted by atomic mass is 10.2. The minimum absolute atomic E-state index is 0.0232. The molecule has 0 saturated carbocycles. The van der Waals surface area contributed by atoms with Crippen LogP contribution in [0.25, 0.3) is 0 Å². The van der Waals surface area contributed by atoms with E-state index < -0.39 is 5.66 Å². The molecular weight excluding hydrogens is 232 g/mol. The van der Waals surface area contributed by atoms with E-state index in [0.717, 1.165) is 0 Å². The lowest BCUT2D eigenvalue weighted by Crippen LogP contribution is -2.56.